The first kappa shape index (κ1) is 19.9. The number of hydrogen-bond donors (Lipinski definition) is 2. The molecule has 1 aliphatic heterocycles. The molecule has 0 bridgehead atoms. The molecule has 25 heavy (non-hydrogen) atoms. The van der Waals surface area contributed by atoms with Crippen LogP contribution in [0.2, 0.25) is 0 Å². The zero-order valence-electron chi connectivity index (χ0n) is 14.6. The van der Waals surface area contributed by atoms with Gasteiger partial charge in [-0.2, -0.15) is 0 Å². The highest BCUT2D eigenvalue weighted by atomic mass is 35.5. The van der Waals surface area contributed by atoms with E-state index in [1.807, 2.05) is 18.2 Å². The van der Waals surface area contributed by atoms with Crippen molar-refractivity contribution < 1.29 is 8.42 Å². The van der Waals surface area contributed by atoms with Gasteiger partial charge in [-0.3, -0.25) is 0 Å². The van der Waals surface area contributed by atoms with E-state index in [1.54, 1.807) is 12.1 Å². The third-order valence-corrected chi connectivity index (χ3v) is 6.16. The molecule has 4 nitrogen and oxygen atoms in total. The van der Waals surface area contributed by atoms with Gasteiger partial charge in [-0.15, -0.1) is 12.4 Å². The van der Waals surface area contributed by atoms with E-state index in [2.05, 4.69) is 36.0 Å². The van der Waals surface area contributed by atoms with Crippen molar-refractivity contribution in [2.24, 2.45) is 0 Å². The number of rotatable bonds is 6. The lowest BCUT2D eigenvalue weighted by Gasteiger charge is -2.11. The number of nitrogens with one attached hydrogen (secondary N) is 2. The van der Waals surface area contributed by atoms with Gasteiger partial charge in [0.1, 0.15) is 0 Å². The summed E-state index contributed by atoms with van der Waals surface area (Å²) >= 11 is 0. The molecule has 2 aromatic carbocycles. The second-order valence-electron chi connectivity index (χ2n) is 6.41. The van der Waals surface area contributed by atoms with Gasteiger partial charge in [0, 0.05) is 19.6 Å². The first-order valence-corrected chi connectivity index (χ1v) is 9.89. The molecule has 1 unspecified atom stereocenters. The fraction of sp³-hybridized carbons (Fsp3) is 0.368. The molecule has 0 saturated carbocycles. The minimum atomic E-state index is -3.49. The summed E-state index contributed by atoms with van der Waals surface area (Å²) in [7, 11) is -3.49. The Balaban J connectivity index is 0.00000225. The van der Waals surface area contributed by atoms with E-state index in [1.165, 1.54) is 16.7 Å². The van der Waals surface area contributed by atoms with Crippen molar-refractivity contribution in [3.63, 3.8) is 0 Å². The predicted octanol–water partition coefficient (Wildman–Crippen LogP) is 3.70. The lowest BCUT2D eigenvalue weighted by atomic mass is 9.99. The van der Waals surface area contributed by atoms with Gasteiger partial charge in [-0.25, -0.2) is 13.1 Å². The summed E-state index contributed by atoms with van der Waals surface area (Å²) in [4.78, 5) is 0.317. The van der Waals surface area contributed by atoms with E-state index in [9.17, 15) is 8.42 Å². The Morgan fingerprint density at radius 3 is 2.44 bits per heavy atom. The number of fused-ring (bicyclic) bond motifs is 1. The van der Waals surface area contributed by atoms with Crippen LogP contribution in [0.25, 0.3) is 0 Å². The van der Waals surface area contributed by atoms with Crippen molar-refractivity contribution in [3.8, 4) is 0 Å². The van der Waals surface area contributed by atoms with Crippen LogP contribution in [0, 0.1) is 0 Å². The molecule has 6 heteroatoms. The Morgan fingerprint density at radius 2 is 1.76 bits per heavy atom. The highest BCUT2D eigenvalue weighted by Crippen LogP contribution is 2.21. The monoisotopic (exact) mass is 380 g/mol. The largest absolute Gasteiger partial charge is 0.309 e. The van der Waals surface area contributed by atoms with Crippen molar-refractivity contribution in [2.45, 2.75) is 50.7 Å². The quantitative estimate of drug-likeness (QED) is 0.803. The summed E-state index contributed by atoms with van der Waals surface area (Å²) < 4.78 is 27.6. The fourth-order valence-electron chi connectivity index (χ4n) is 2.93. The van der Waals surface area contributed by atoms with Crippen molar-refractivity contribution in [3.05, 3.63) is 64.7 Å². The molecular weight excluding hydrogens is 356 g/mol. The molecule has 0 amide bonds. The topological polar surface area (TPSA) is 58.2 Å². The zero-order chi connectivity index (χ0) is 17.2. The summed E-state index contributed by atoms with van der Waals surface area (Å²) in [5, 5.41) is 3.29. The lowest BCUT2D eigenvalue weighted by Crippen LogP contribution is -2.23. The van der Waals surface area contributed by atoms with Crippen molar-refractivity contribution in [1.29, 1.82) is 0 Å². The first-order chi connectivity index (χ1) is 11.5. The van der Waals surface area contributed by atoms with E-state index in [0.29, 0.717) is 17.4 Å². The maximum atomic E-state index is 12.5. The molecule has 0 aromatic heterocycles. The van der Waals surface area contributed by atoms with Crippen LogP contribution in [0.3, 0.4) is 0 Å². The summed E-state index contributed by atoms with van der Waals surface area (Å²) in [6, 6.07) is 13.3. The van der Waals surface area contributed by atoms with Gasteiger partial charge in [-0.05, 0) is 46.7 Å². The van der Waals surface area contributed by atoms with Crippen LogP contribution in [-0.2, 0) is 29.7 Å². The normalized spacial score (nSPS) is 14.6. The van der Waals surface area contributed by atoms with Gasteiger partial charge in [0.2, 0.25) is 10.0 Å². The molecule has 3 rings (SSSR count). The number of benzene rings is 2. The molecule has 2 aromatic rings. The predicted molar refractivity (Wildman–Crippen MR) is 103 cm³/mol. The van der Waals surface area contributed by atoms with Crippen LogP contribution in [-0.4, -0.2) is 8.42 Å². The van der Waals surface area contributed by atoms with Crippen molar-refractivity contribution in [2.75, 3.05) is 0 Å². The van der Waals surface area contributed by atoms with Crippen LogP contribution in [0.1, 0.15) is 48.4 Å². The van der Waals surface area contributed by atoms with E-state index >= 15 is 0 Å². The highest BCUT2D eigenvalue weighted by molar-refractivity contribution is 7.89. The van der Waals surface area contributed by atoms with Crippen LogP contribution >= 0.6 is 12.4 Å². The van der Waals surface area contributed by atoms with Crippen LogP contribution in [0.4, 0.5) is 0 Å². The van der Waals surface area contributed by atoms with Gasteiger partial charge >= 0.3 is 0 Å². The molecular formula is C19H25ClN2O2S. The SMILES string of the molecule is CCC(C)c1ccc(S(=O)(=O)NCc2ccc3c(c2)CNC3)cc1.Cl. The summed E-state index contributed by atoms with van der Waals surface area (Å²) in [5.41, 5.74) is 4.70. The second kappa shape index (κ2) is 8.32. The molecule has 1 aliphatic rings. The van der Waals surface area contributed by atoms with Crippen LogP contribution in [0.15, 0.2) is 47.4 Å². The van der Waals surface area contributed by atoms with E-state index in [0.717, 1.165) is 25.1 Å². The lowest BCUT2D eigenvalue weighted by molar-refractivity contribution is 0.581. The molecule has 0 fully saturated rings. The molecule has 0 aliphatic carbocycles. The number of hydrogen-bond acceptors (Lipinski definition) is 3. The molecule has 136 valence electrons. The maximum Gasteiger partial charge on any atom is 0.240 e. The third-order valence-electron chi connectivity index (χ3n) is 4.74. The highest BCUT2D eigenvalue weighted by Gasteiger charge is 2.15. The Morgan fingerprint density at radius 1 is 1.08 bits per heavy atom. The molecule has 2 N–H and O–H groups in total. The average Bonchev–Trinajstić information content (AvgIpc) is 3.07. The van der Waals surface area contributed by atoms with E-state index in [-0.39, 0.29) is 12.4 Å². The van der Waals surface area contributed by atoms with Gasteiger partial charge in [-0.1, -0.05) is 44.2 Å². The minimum absolute atomic E-state index is 0. The Labute approximate surface area is 156 Å². The summed E-state index contributed by atoms with van der Waals surface area (Å²) in [6.45, 7) is 6.33. The van der Waals surface area contributed by atoms with Gasteiger partial charge in [0.25, 0.3) is 0 Å². The molecule has 1 atom stereocenters. The number of sulfonamides is 1. The second-order valence-corrected chi connectivity index (χ2v) is 8.18. The Hall–Kier alpha value is -1.40. The first-order valence-electron chi connectivity index (χ1n) is 8.40. The molecule has 1 heterocycles. The van der Waals surface area contributed by atoms with E-state index < -0.39 is 10.0 Å². The summed E-state index contributed by atoms with van der Waals surface area (Å²) in [6.07, 6.45) is 1.04. The van der Waals surface area contributed by atoms with Crippen LogP contribution < -0.4 is 10.0 Å². The standard InChI is InChI=1S/C19H24N2O2S.ClH/c1-3-14(2)16-6-8-19(9-7-16)24(22,23)21-11-15-4-5-17-12-20-13-18(17)10-15;/h4-10,14,20-21H,3,11-13H2,1-2H3;1H. The minimum Gasteiger partial charge on any atom is -0.309 e. The van der Waals surface area contributed by atoms with Gasteiger partial charge in [0.05, 0.1) is 4.90 Å². The summed E-state index contributed by atoms with van der Waals surface area (Å²) in [5.74, 6) is 0.440. The zero-order valence-corrected chi connectivity index (χ0v) is 16.2. The van der Waals surface area contributed by atoms with Gasteiger partial charge < -0.3 is 5.32 Å². The Bertz CT molecular complexity index is 820. The van der Waals surface area contributed by atoms with Crippen molar-refractivity contribution >= 4 is 22.4 Å². The van der Waals surface area contributed by atoms with Crippen molar-refractivity contribution in [1.82, 2.24) is 10.0 Å². The van der Waals surface area contributed by atoms with Crippen LogP contribution in [0.5, 0.6) is 0 Å². The average molecular weight is 381 g/mol. The van der Waals surface area contributed by atoms with E-state index in [4.69, 9.17) is 0 Å². The number of halogens is 1. The third kappa shape index (κ3) is 4.61. The molecule has 0 radical (unpaired) electrons. The van der Waals surface area contributed by atoms with Gasteiger partial charge in [0.15, 0.2) is 0 Å². The fourth-order valence-corrected chi connectivity index (χ4v) is 3.95. The molecule has 0 spiro atoms. The maximum absolute atomic E-state index is 12.5. The Kier molecular flexibility index (Phi) is 6.63. The molecule has 0 saturated heterocycles. The smallest absolute Gasteiger partial charge is 0.240 e.